The molecule has 20 heavy (non-hydrogen) atoms. The summed E-state index contributed by atoms with van der Waals surface area (Å²) in [6.07, 6.45) is 0.794. The van der Waals surface area contributed by atoms with Gasteiger partial charge in [0.2, 0.25) is 0 Å². The smallest absolute Gasteiger partial charge is 0.0919 e. The molecule has 0 amide bonds. The summed E-state index contributed by atoms with van der Waals surface area (Å²) in [5, 5.41) is 10.5. The molecule has 2 rings (SSSR count). The zero-order valence-electron chi connectivity index (χ0n) is 13.3. The summed E-state index contributed by atoms with van der Waals surface area (Å²) in [7, 11) is 2.20. The van der Waals surface area contributed by atoms with E-state index in [9.17, 15) is 5.11 Å². The molecule has 1 aromatic carbocycles. The highest BCUT2D eigenvalue weighted by Gasteiger charge is 2.24. The SMILES string of the molecule is CCC1CN(CC(O)c2cc(C)ccc2C)CCN1C. The Morgan fingerprint density at radius 3 is 2.75 bits per heavy atom. The molecule has 112 valence electrons. The highest BCUT2D eigenvalue weighted by Crippen LogP contribution is 2.21. The molecule has 0 aromatic heterocycles. The van der Waals surface area contributed by atoms with Crippen LogP contribution in [0, 0.1) is 13.8 Å². The van der Waals surface area contributed by atoms with Crippen LogP contribution in [-0.2, 0) is 0 Å². The summed E-state index contributed by atoms with van der Waals surface area (Å²) in [5.74, 6) is 0. The number of piperazine rings is 1. The van der Waals surface area contributed by atoms with Crippen molar-refractivity contribution in [2.45, 2.75) is 39.3 Å². The van der Waals surface area contributed by atoms with E-state index >= 15 is 0 Å². The fourth-order valence-corrected chi connectivity index (χ4v) is 3.08. The van der Waals surface area contributed by atoms with Crippen molar-refractivity contribution in [1.82, 2.24) is 9.80 Å². The van der Waals surface area contributed by atoms with Gasteiger partial charge in [0.05, 0.1) is 6.10 Å². The van der Waals surface area contributed by atoms with Crippen LogP contribution in [0.5, 0.6) is 0 Å². The number of nitrogens with zero attached hydrogens (tertiary/aromatic N) is 2. The Bertz CT molecular complexity index is 447. The molecule has 0 bridgehead atoms. The van der Waals surface area contributed by atoms with Gasteiger partial charge in [-0.3, -0.25) is 4.90 Å². The molecule has 0 aliphatic carbocycles. The van der Waals surface area contributed by atoms with Crippen molar-refractivity contribution in [2.75, 3.05) is 33.2 Å². The average molecular weight is 276 g/mol. The van der Waals surface area contributed by atoms with Crippen molar-refractivity contribution in [2.24, 2.45) is 0 Å². The first kappa shape index (κ1) is 15.5. The molecule has 1 fully saturated rings. The topological polar surface area (TPSA) is 26.7 Å². The third-order valence-corrected chi connectivity index (χ3v) is 4.56. The van der Waals surface area contributed by atoms with E-state index < -0.39 is 0 Å². The molecular weight excluding hydrogens is 248 g/mol. The summed E-state index contributed by atoms with van der Waals surface area (Å²) in [6.45, 7) is 10.4. The molecule has 3 nitrogen and oxygen atoms in total. The van der Waals surface area contributed by atoms with E-state index in [4.69, 9.17) is 0 Å². The number of β-amino-alcohol motifs (C(OH)–C–C–N with tert-alkyl or cyclic N) is 1. The highest BCUT2D eigenvalue weighted by molar-refractivity contribution is 5.32. The minimum absolute atomic E-state index is 0.379. The lowest BCUT2D eigenvalue weighted by molar-refractivity contribution is 0.0500. The maximum absolute atomic E-state index is 10.5. The van der Waals surface area contributed by atoms with Crippen molar-refractivity contribution in [1.29, 1.82) is 0 Å². The molecule has 1 N–H and O–H groups in total. The van der Waals surface area contributed by atoms with Crippen LogP contribution in [0.1, 0.15) is 36.1 Å². The van der Waals surface area contributed by atoms with Gasteiger partial charge in [-0.15, -0.1) is 0 Å². The molecule has 0 saturated carbocycles. The highest BCUT2D eigenvalue weighted by atomic mass is 16.3. The molecule has 1 aliphatic heterocycles. The maximum Gasteiger partial charge on any atom is 0.0919 e. The average Bonchev–Trinajstić information content (AvgIpc) is 2.43. The van der Waals surface area contributed by atoms with Gasteiger partial charge in [-0.05, 0) is 38.4 Å². The molecule has 1 saturated heterocycles. The second kappa shape index (κ2) is 6.70. The van der Waals surface area contributed by atoms with E-state index in [-0.39, 0.29) is 6.10 Å². The van der Waals surface area contributed by atoms with Crippen LogP contribution in [0.4, 0.5) is 0 Å². The quantitative estimate of drug-likeness (QED) is 0.914. The van der Waals surface area contributed by atoms with Crippen molar-refractivity contribution in [3.63, 3.8) is 0 Å². The number of benzene rings is 1. The standard InChI is InChI=1S/C17H28N2O/c1-5-15-11-19(9-8-18(15)4)12-17(20)16-10-13(2)6-7-14(16)3/h6-7,10,15,17,20H,5,8-9,11-12H2,1-4H3. The fraction of sp³-hybridized carbons (Fsp3) is 0.647. The Kier molecular flexibility index (Phi) is 5.19. The molecule has 2 atom stereocenters. The Balaban J connectivity index is 2.01. The van der Waals surface area contributed by atoms with Gasteiger partial charge in [0.1, 0.15) is 0 Å². The van der Waals surface area contributed by atoms with E-state index in [1.165, 1.54) is 17.5 Å². The van der Waals surface area contributed by atoms with Crippen LogP contribution in [0.2, 0.25) is 0 Å². The number of aryl methyl sites for hydroxylation is 2. The first-order valence-electron chi connectivity index (χ1n) is 7.69. The monoisotopic (exact) mass is 276 g/mol. The number of likely N-dealkylation sites (N-methyl/N-ethyl adjacent to an activating group) is 1. The Morgan fingerprint density at radius 2 is 2.05 bits per heavy atom. The van der Waals surface area contributed by atoms with Gasteiger partial charge in [-0.1, -0.05) is 30.7 Å². The zero-order valence-corrected chi connectivity index (χ0v) is 13.3. The first-order valence-corrected chi connectivity index (χ1v) is 7.69. The van der Waals surface area contributed by atoms with Crippen molar-refractivity contribution < 1.29 is 5.11 Å². The third-order valence-electron chi connectivity index (χ3n) is 4.56. The predicted octanol–water partition coefficient (Wildman–Crippen LogP) is 2.36. The normalized spacial score (nSPS) is 22.9. The van der Waals surface area contributed by atoms with Gasteiger partial charge in [0.15, 0.2) is 0 Å². The molecular formula is C17H28N2O. The number of rotatable bonds is 4. The zero-order chi connectivity index (χ0) is 14.7. The molecule has 1 aliphatic rings. The van der Waals surface area contributed by atoms with E-state index in [0.29, 0.717) is 6.04 Å². The Hall–Kier alpha value is -0.900. The lowest BCUT2D eigenvalue weighted by Crippen LogP contribution is -2.51. The summed E-state index contributed by atoms with van der Waals surface area (Å²) in [4.78, 5) is 4.83. The first-order chi connectivity index (χ1) is 9.51. The van der Waals surface area contributed by atoms with Crippen molar-refractivity contribution in [3.05, 3.63) is 34.9 Å². The van der Waals surface area contributed by atoms with Gasteiger partial charge in [-0.25, -0.2) is 0 Å². The summed E-state index contributed by atoms with van der Waals surface area (Å²) in [5.41, 5.74) is 3.48. The van der Waals surface area contributed by atoms with Crippen LogP contribution in [0.25, 0.3) is 0 Å². The van der Waals surface area contributed by atoms with Crippen molar-refractivity contribution >= 4 is 0 Å². The van der Waals surface area contributed by atoms with Gasteiger partial charge in [-0.2, -0.15) is 0 Å². The number of hydrogen-bond acceptors (Lipinski definition) is 3. The van der Waals surface area contributed by atoms with Crippen LogP contribution >= 0.6 is 0 Å². The van der Waals surface area contributed by atoms with Crippen LogP contribution < -0.4 is 0 Å². The third kappa shape index (κ3) is 3.60. The molecule has 0 radical (unpaired) electrons. The van der Waals surface area contributed by atoms with Gasteiger partial charge < -0.3 is 10.0 Å². The second-order valence-corrected chi connectivity index (χ2v) is 6.18. The van der Waals surface area contributed by atoms with Crippen molar-refractivity contribution in [3.8, 4) is 0 Å². The van der Waals surface area contributed by atoms with E-state index in [1.807, 2.05) is 0 Å². The van der Waals surface area contributed by atoms with Crippen LogP contribution in [0.3, 0.4) is 0 Å². The van der Waals surface area contributed by atoms with Gasteiger partial charge in [0.25, 0.3) is 0 Å². The van der Waals surface area contributed by atoms with Crippen LogP contribution in [0.15, 0.2) is 18.2 Å². The number of aliphatic hydroxyl groups excluding tert-OH is 1. The Labute approximate surface area is 123 Å². The number of aliphatic hydroxyl groups is 1. The van der Waals surface area contributed by atoms with E-state index in [2.05, 4.69) is 55.8 Å². The fourth-order valence-electron chi connectivity index (χ4n) is 3.08. The predicted molar refractivity (Wildman–Crippen MR) is 84.0 cm³/mol. The second-order valence-electron chi connectivity index (χ2n) is 6.18. The molecule has 0 spiro atoms. The lowest BCUT2D eigenvalue weighted by Gasteiger charge is -2.40. The minimum atomic E-state index is -0.379. The molecule has 1 aromatic rings. The minimum Gasteiger partial charge on any atom is -0.387 e. The largest absolute Gasteiger partial charge is 0.387 e. The Morgan fingerprint density at radius 1 is 1.30 bits per heavy atom. The van der Waals surface area contributed by atoms with Gasteiger partial charge >= 0.3 is 0 Å². The van der Waals surface area contributed by atoms with Crippen LogP contribution in [-0.4, -0.2) is 54.2 Å². The molecule has 3 heteroatoms. The summed E-state index contributed by atoms with van der Waals surface area (Å²) in [6, 6.07) is 6.95. The summed E-state index contributed by atoms with van der Waals surface area (Å²) < 4.78 is 0. The summed E-state index contributed by atoms with van der Waals surface area (Å²) >= 11 is 0. The molecule has 1 heterocycles. The van der Waals surface area contributed by atoms with E-state index in [0.717, 1.165) is 31.7 Å². The lowest BCUT2D eigenvalue weighted by atomic mass is 10.00. The maximum atomic E-state index is 10.5. The molecule has 2 unspecified atom stereocenters. The van der Waals surface area contributed by atoms with Gasteiger partial charge in [0, 0.05) is 32.2 Å². The van der Waals surface area contributed by atoms with E-state index in [1.54, 1.807) is 0 Å². The number of hydrogen-bond donors (Lipinski definition) is 1.